The van der Waals surface area contributed by atoms with Crippen LogP contribution in [0.1, 0.15) is 10.4 Å². The minimum atomic E-state index is -0.0233. The Labute approximate surface area is 120 Å². The van der Waals surface area contributed by atoms with Crippen molar-refractivity contribution in [2.75, 3.05) is 58.7 Å². The van der Waals surface area contributed by atoms with Crippen molar-refractivity contribution in [2.24, 2.45) is 0 Å². The molecule has 0 atom stereocenters. The van der Waals surface area contributed by atoms with E-state index in [0.29, 0.717) is 5.56 Å². The number of nitrogens with zero attached hydrogens (tertiary/aromatic N) is 3. The van der Waals surface area contributed by atoms with Gasteiger partial charge in [-0.1, -0.05) is 0 Å². The predicted octanol–water partition coefficient (Wildman–Crippen LogP) is 0.101. The van der Waals surface area contributed by atoms with Crippen molar-refractivity contribution in [3.05, 3.63) is 23.9 Å². The molecule has 1 aromatic rings. The summed E-state index contributed by atoms with van der Waals surface area (Å²) in [7, 11) is 3.48. The van der Waals surface area contributed by atoms with Crippen LogP contribution in [0.15, 0.2) is 18.3 Å². The number of carbonyl (C=O) groups is 1. The fourth-order valence-corrected chi connectivity index (χ4v) is 2.16. The first-order chi connectivity index (χ1) is 9.66. The molecule has 6 nitrogen and oxygen atoms in total. The van der Waals surface area contributed by atoms with Gasteiger partial charge in [-0.3, -0.25) is 9.69 Å². The molecule has 0 saturated carbocycles. The summed E-state index contributed by atoms with van der Waals surface area (Å²) in [6, 6.07) is 3.66. The van der Waals surface area contributed by atoms with E-state index in [1.807, 2.05) is 12.1 Å². The Morgan fingerprint density at radius 2 is 2.15 bits per heavy atom. The number of pyridine rings is 1. The van der Waals surface area contributed by atoms with Crippen molar-refractivity contribution in [1.29, 1.82) is 0 Å². The fourth-order valence-electron chi connectivity index (χ4n) is 2.16. The summed E-state index contributed by atoms with van der Waals surface area (Å²) >= 11 is 0. The van der Waals surface area contributed by atoms with Gasteiger partial charge in [-0.25, -0.2) is 4.98 Å². The highest BCUT2D eigenvalue weighted by atomic mass is 16.2. The molecule has 0 radical (unpaired) electrons. The first kappa shape index (κ1) is 14.7. The van der Waals surface area contributed by atoms with Crippen LogP contribution >= 0.6 is 0 Å². The maximum atomic E-state index is 11.7. The van der Waals surface area contributed by atoms with Gasteiger partial charge in [0.05, 0.1) is 5.56 Å². The first-order valence-electron chi connectivity index (χ1n) is 7.01. The van der Waals surface area contributed by atoms with Crippen molar-refractivity contribution in [3.8, 4) is 0 Å². The normalized spacial score (nSPS) is 15.9. The topological polar surface area (TPSA) is 60.5 Å². The van der Waals surface area contributed by atoms with Gasteiger partial charge >= 0.3 is 0 Å². The zero-order valence-electron chi connectivity index (χ0n) is 12.2. The lowest BCUT2D eigenvalue weighted by molar-refractivity contribution is 0.0827. The molecule has 1 saturated heterocycles. The van der Waals surface area contributed by atoms with Gasteiger partial charge in [0.1, 0.15) is 5.82 Å². The molecule has 0 aromatic carbocycles. The van der Waals surface area contributed by atoms with Gasteiger partial charge in [0.15, 0.2) is 0 Å². The Bertz CT molecular complexity index is 426. The van der Waals surface area contributed by atoms with E-state index in [2.05, 4.69) is 20.5 Å². The number of anilines is 1. The van der Waals surface area contributed by atoms with Crippen LogP contribution in [0.2, 0.25) is 0 Å². The molecule has 1 aliphatic heterocycles. The standard InChI is InChI=1S/C14H23N5O/c1-18(2)14(20)12-3-4-13(17-11-12)16-7-10-19-8-5-15-6-9-19/h3-4,11,15H,5-10H2,1-2H3,(H,16,17). The van der Waals surface area contributed by atoms with Crippen molar-refractivity contribution in [1.82, 2.24) is 20.1 Å². The average Bonchev–Trinajstić information content (AvgIpc) is 2.48. The summed E-state index contributed by atoms with van der Waals surface area (Å²) in [5.41, 5.74) is 0.614. The van der Waals surface area contributed by atoms with Crippen LogP contribution in [0.25, 0.3) is 0 Å². The van der Waals surface area contributed by atoms with Crippen LogP contribution in [-0.2, 0) is 0 Å². The molecule has 1 aromatic heterocycles. The third-order valence-corrected chi connectivity index (χ3v) is 3.36. The van der Waals surface area contributed by atoms with Gasteiger partial charge in [-0.05, 0) is 12.1 Å². The molecule has 1 aliphatic rings. The maximum absolute atomic E-state index is 11.7. The summed E-state index contributed by atoms with van der Waals surface area (Å²) in [5.74, 6) is 0.792. The molecule has 1 amide bonds. The molecule has 0 aliphatic carbocycles. The highest BCUT2D eigenvalue weighted by Crippen LogP contribution is 2.06. The second kappa shape index (κ2) is 7.21. The van der Waals surface area contributed by atoms with Gasteiger partial charge in [0.25, 0.3) is 5.91 Å². The minimum Gasteiger partial charge on any atom is -0.369 e. The third kappa shape index (κ3) is 4.18. The molecule has 0 spiro atoms. The zero-order chi connectivity index (χ0) is 14.4. The smallest absolute Gasteiger partial charge is 0.254 e. The summed E-state index contributed by atoms with van der Waals surface area (Å²) in [6.07, 6.45) is 1.62. The monoisotopic (exact) mass is 277 g/mol. The highest BCUT2D eigenvalue weighted by molar-refractivity contribution is 5.93. The number of rotatable bonds is 5. The Kier molecular flexibility index (Phi) is 5.31. The van der Waals surface area contributed by atoms with Crippen LogP contribution < -0.4 is 10.6 Å². The number of hydrogen-bond acceptors (Lipinski definition) is 5. The van der Waals surface area contributed by atoms with Crippen LogP contribution in [0, 0.1) is 0 Å². The lowest BCUT2D eigenvalue weighted by Crippen LogP contribution is -2.45. The van der Waals surface area contributed by atoms with Crippen molar-refractivity contribution in [2.45, 2.75) is 0 Å². The van der Waals surface area contributed by atoms with Gasteiger partial charge in [-0.2, -0.15) is 0 Å². The van der Waals surface area contributed by atoms with E-state index in [9.17, 15) is 4.79 Å². The van der Waals surface area contributed by atoms with E-state index in [1.165, 1.54) is 0 Å². The number of amides is 1. The fraction of sp³-hybridized carbons (Fsp3) is 0.571. The van der Waals surface area contributed by atoms with Crippen molar-refractivity contribution < 1.29 is 4.79 Å². The van der Waals surface area contributed by atoms with E-state index < -0.39 is 0 Å². The molecule has 6 heteroatoms. The quantitative estimate of drug-likeness (QED) is 0.799. The maximum Gasteiger partial charge on any atom is 0.254 e. The Morgan fingerprint density at radius 1 is 1.40 bits per heavy atom. The number of aromatic nitrogens is 1. The molecule has 1 fully saturated rings. The number of carbonyl (C=O) groups excluding carboxylic acids is 1. The number of nitrogens with one attached hydrogen (secondary N) is 2. The molecule has 110 valence electrons. The van der Waals surface area contributed by atoms with Gasteiger partial charge in [0, 0.05) is 59.6 Å². The van der Waals surface area contributed by atoms with E-state index in [-0.39, 0.29) is 5.91 Å². The Morgan fingerprint density at radius 3 is 2.75 bits per heavy atom. The van der Waals surface area contributed by atoms with E-state index in [4.69, 9.17) is 0 Å². The SMILES string of the molecule is CN(C)C(=O)c1ccc(NCCN2CCNCC2)nc1. The second-order valence-corrected chi connectivity index (χ2v) is 5.15. The van der Waals surface area contributed by atoms with Crippen LogP contribution in [0.5, 0.6) is 0 Å². The highest BCUT2D eigenvalue weighted by Gasteiger charge is 2.09. The lowest BCUT2D eigenvalue weighted by Gasteiger charge is -2.27. The van der Waals surface area contributed by atoms with Crippen LogP contribution in [0.4, 0.5) is 5.82 Å². The lowest BCUT2D eigenvalue weighted by atomic mass is 10.2. The molecule has 2 N–H and O–H groups in total. The Hall–Kier alpha value is -1.66. The van der Waals surface area contributed by atoms with Crippen molar-refractivity contribution >= 4 is 11.7 Å². The molecular weight excluding hydrogens is 254 g/mol. The summed E-state index contributed by atoms with van der Waals surface area (Å²) in [6.45, 7) is 6.23. The molecule has 0 unspecified atom stereocenters. The number of hydrogen-bond donors (Lipinski definition) is 2. The summed E-state index contributed by atoms with van der Waals surface area (Å²) in [5, 5.41) is 6.63. The van der Waals surface area contributed by atoms with Crippen molar-refractivity contribution in [3.63, 3.8) is 0 Å². The van der Waals surface area contributed by atoms with Gasteiger partial charge in [0.2, 0.25) is 0 Å². The van der Waals surface area contributed by atoms with Crippen LogP contribution in [-0.4, -0.2) is 74.1 Å². The largest absolute Gasteiger partial charge is 0.369 e. The Balaban J connectivity index is 1.77. The predicted molar refractivity (Wildman–Crippen MR) is 80.1 cm³/mol. The van der Waals surface area contributed by atoms with Crippen LogP contribution in [0.3, 0.4) is 0 Å². The summed E-state index contributed by atoms with van der Waals surface area (Å²) < 4.78 is 0. The minimum absolute atomic E-state index is 0.0233. The summed E-state index contributed by atoms with van der Waals surface area (Å²) in [4.78, 5) is 20.0. The third-order valence-electron chi connectivity index (χ3n) is 3.36. The molecule has 0 bridgehead atoms. The average molecular weight is 277 g/mol. The molecule has 2 heterocycles. The number of piperazine rings is 1. The van der Waals surface area contributed by atoms with Gasteiger partial charge in [-0.15, -0.1) is 0 Å². The van der Waals surface area contributed by atoms with E-state index in [0.717, 1.165) is 45.1 Å². The molecular formula is C14H23N5O. The molecule has 20 heavy (non-hydrogen) atoms. The van der Waals surface area contributed by atoms with Gasteiger partial charge < -0.3 is 15.5 Å². The first-order valence-corrected chi connectivity index (χ1v) is 7.01. The molecule has 2 rings (SSSR count). The van der Waals surface area contributed by atoms with E-state index in [1.54, 1.807) is 25.2 Å². The van der Waals surface area contributed by atoms with E-state index >= 15 is 0 Å². The zero-order valence-corrected chi connectivity index (χ0v) is 12.2. The second-order valence-electron chi connectivity index (χ2n) is 5.15.